The number of para-hydroxylation sites is 1. The van der Waals surface area contributed by atoms with E-state index in [0.717, 1.165) is 21.5 Å². The second-order valence-corrected chi connectivity index (χ2v) is 11.0. The second kappa shape index (κ2) is 10.5. The van der Waals surface area contributed by atoms with Crippen molar-refractivity contribution in [3.63, 3.8) is 0 Å². The number of hydrogen-bond donors (Lipinski definition) is 2. The van der Waals surface area contributed by atoms with Gasteiger partial charge >= 0.3 is 6.03 Å². The van der Waals surface area contributed by atoms with Gasteiger partial charge in [0.15, 0.2) is 0 Å². The molecule has 0 spiro atoms. The normalized spacial score (nSPS) is 11.3. The highest BCUT2D eigenvalue weighted by Gasteiger charge is 2.22. The molecule has 4 aromatic rings. The number of nitro groups is 1. The van der Waals surface area contributed by atoms with E-state index in [1.807, 2.05) is 18.2 Å². The maximum absolute atomic E-state index is 13.3. The minimum absolute atomic E-state index is 0.0462. The number of amides is 2. The Morgan fingerprint density at radius 1 is 0.944 bits per heavy atom. The fourth-order valence-electron chi connectivity index (χ4n) is 4.19. The number of halogens is 2. The number of hydrogen-bond acceptors (Lipinski definition) is 4. The Hall–Kier alpha value is -3.13. The van der Waals surface area contributed by atoms with E-state index < -0.39 is 11.0 Å². The van der Waals surface area contributed by atoms with Crippen molar-refractivity contribution in [1.82, 2.24) is 0 Å². The highest BCUT2D eigenvalue weighted by atomic mass is 35.5. The Morgan fingerprint density at radius 2 is 1.61 bits per heavy atom. The van der Waals surface area contributed by atoms with Crippen LogP contribution in [0.4, 0.5) is 21.2 Å². The van der Waals surface area contributed by atoms with Crippen molar-refractivity contribution < 1.29 is 9.72 Å². The fraction of sp³-hybridized carbons (Fsp3) is 0.222. The summed E-state index contributed by atoms with van der Waals surface area (Å²) < 4.78 is 0.780. The van der Waals surface area contributed by atoms with Gasteiger partial charge in [0.1, 0.15) is 5.00 Å². The number of anilines is 2. The molecule has 0 radical (unpaired) electrons. The Balaban J connectivity index is 1.81. The Bertz CT molecular complexity index is 1450. The van der Waals surface area contributed by atoms with Gasteiger partial charge in [-0.1, -0.05) is 75.2 Å². The molecule has 6 nitrogen and oxygen atoms in total. The standard InChI is InChI=1S/C27H25Cl2N3O3S/c1-14(2)18-6-5-7-19(15(3)4)25(18)30-27(33)31-26-24(20-10-8-16(28)12-22(20)29)21-13-17(32(34)35)9-11-23(21)36-26/h5-15H,1-4H3,(H2,30,31,33). The van der Waals surface area contributed by atoms with Crippen molar-refractivity contribution in [2.75, 3.05) is 10.6 Å². The topological polar surface area (TPSA) is 84.3 Å². The fourth-order valence-corrected chi connectivity index (χ4v) is 5.79. The molecule has 0 aliphatic rings. The maximum atomic E-state index is 13.3. The third-order valence-electron chi connectivity index (χ3n) is 5.92. The van der Waals surface area contributed by atoms with Gasteiger partial charge in [0.05, 0.1) is 9.95 Å². The van der Waals surface area contributed by atoms with Gasteiger partial charge < -0.3 is 5.32 Å². The summed E-state index contributed by atoms with van der Waals surface area (Å²) in [5.74, 6) is 0.430. The second-order valence-electron chi connectivity index (χ2n) is 9.07. The zero-order valence-corrected chi connectivity index (χ0v) is 22.5. The van der Waals surface area contributed by atoms with Gasteiger partial charge in [-0.15, -0.1) is 11.3 Å². The van der Waals surface area contributed by atoms with Crippen LogP contribution in [0.1, 0.15) is 50.7 Å². The van der Waals surface area contributed by atoms with E-state index in [2.05, 4.69) is 38.3 Å². The highest BCUT2D eigenvalue weighted by Crippen LogP contribution is 2.46. The van der Waals surface area contributed by atoms with E-state index in [-0.39, 0.29) is 17.5 Å². The minimum Gasteiger partial charge on any atom is -0.307 e. The van der Waals surface area contributed by atoms with E-state index in [0.29, 0.717) is 31.6 Å². The molecule has 9 heteroatoms. The molecule has 0 bridgehead atoms. The lowest BCUT2D eigenvalue weighted by molar-refractivity contribution is -0.384. The largest absolute Gasteiger partial charge is 0.324 e. The zero-order valence-electron chi connectivity index (χ0n) is 20.2. The molecule has 186 valence electrons. The summed E-state index contributed by atoms with van der Waals surface area (Å²) in [6, 6.07) is 15.3. The molecule has 0 aliphatic carbocycles. The molecule has 1 heterocycles. The molecular formula is C27H25Cl2N3O3S. The first-order valence-electron chi connectivity index (χ1n) is 11.4. The number of benzene rings is 3. The summed E-state index contributed by atoms with van der Waals surface area (Å²) >= 11 is 14.0. The summed E-state index contributed by atoms with van der Waals surface area (Å²) in [6.07, 6.45) is 0. The first kappa shape index (κ1) is 25.9. The average molecular weight is 542 g/mol. The molecule has 2 N–H and O–H groups in total. The van der Waals surface area contributed by atoms with Gasteiger partial charge in [-0.2, -0.15) is 0 Å². The van der Waals surface area contributed by atoms with Crippen LogP contribution >= 0.6 is 34.5 Å². The van der Waals surface area contributed by atoms with E-state index in [9.17, 15) is 14.9 Å². The number of nitrogens with zero attached hydrogens (tertiary/aromatic N) is 1. The van der Waals surface area contributed by atoms with Crippen molar-refractivity contribution in [2.24, 2.45) is 0 Å². The van der Waals surface area contributed by atoms with Crippen LogP contribution in [0.25, 0.3) is 21.2 Å². The van der Waals surface area contributed by atoms with Crippen LogP contribution < -0.4 is 10.6 Å². The highest BCUT2D eigenvalue weighted by molar-refractivity contribution is 7.23. The number of urea groups is 1. The Labute approximate surface area is 223 Å². The van der Waals surface area contributed by atoms with Crippen LogP contribution in [0.2, 0.25) is 10.0 Å². The molecule has 0 saturated heterocycles. The molecule has 0 saturated carbocycles. The number of carbonyl (C=O) groups is 1. The van der Waals surface area contributed by atoms with E-state index >= 15 is 0 Å². The maximum Gasteiger partial charge on any atom is 0.324 e. The average Bonchev–Trinajstić information content (AvgIpc) is 3.15. The van der Waals surface area contributed by atoms with Gasteiger partial charge in [-0.05, 0) is 41.2 Å². The predicted molar refractivity (Wildman–Crippen MR) is 151 cm³/mol. The van der Waals surface area contributed by atoms with Crippen molar-refractivity contribution in [3.8, 4) is 11.1 Å². The summed E-state index contributed by atoms with van der Waals surface area (Å²) in [4.78, 5) is 24.3. The number of nitro benzene ring substituents is 1. The van der Waals surface area contributed by atoms with Gasteiger partial charge in [0.25, 0.3) is 5.69 Å². The quantitative estimate of drug-likeness (QED) is 0.188. The first-order valence-corrected chi connectivity index (χ1v) is 13.0. The van der Waals surface area contributed by atoms with Crippen LogP contribution in [0.3, 0.4) is 0 Å². The number of carbonyl (C=O) groups excluding carboxylic acids is 1. The van der Waals surface area contributed by atoms with Gasteiger partial charge in [-0.3, -0.25) is 15.4 Å². The molecule has 0 aliphatic heterocycles. The summed E-state index contributed by atoms with van der Waals surface area (Å²) in [5, 5.41) is 19.5. The molecule has 0 unspecified atom stereocenters. The van der Waals surface area contributed by atoms with Crippen LogP contribution in [0.5, 0.6) is 0 Å². The summed E-state index contributed by atoms with van der Waals surface area (Å²) in [6.45, 7) is 8.34. The monoisotopic (exact) mass is 541 g/mol. The number of thiophene rings is 1. The number of rotatable bonds is 6. The number of non-ortho nitro benzene ring substituents is 1. The lowest BCUT2D eigenvalue weighted by atomic mass is 9.93. The molecule has 2 amide bonds. The Kier molecular flexibility index (Phi) is 7.54. The zero-order chi connectivity index (χ0) is 26.1. The SMILES string of the molecule is CC(C)c1cccc(C(C)C)c1NC(=O)Nc1sc2ccc([N+](=O)[O-])cc2c1-c1ccc(Cl)cc1Cl. The van der Waals surface area contributed by atoms with Crippen molar-refractivity contribution >= 4 is 67.0 Å². The van der Waals surface area contributed by atoms with Crippen LogP contribution in [-0.4, -0.2) is 11.0 Å². The lowest BCUT2D eigenvalue weighted by Crippen LogP contribution is -2.21. The van der Waals surface area contributed by atoms with Crippen LogP contribution in [0.15, 0.2) is 54.6 Å². The molecule has 0 fully saturated rings. The summed E-state index contributed by atoms with van der Waals surface area (Å²) in [5.41, 5.74) is 4.07. The van der Waals surface area contributed by atoms with Crippen LogP contribution in [0, 0.1) is 10.1 Å². The summed E-state index contributed by atoms with van der Waals surface area (Å²) in [7, 11) is 0. The first-order chi connectivity index (χ1) is 17.1. The van der Waals surface area contributed by atoms with Crippen molar-refractivity contribution in [3.05, 3.63) is 85.9 Å². The molecule has 3 aromatic carbocycles. The van der Waals surface area contributed by atoms with E-state index in [1.165, 1.54) is 23.5 Å². The minimum atomic E-state index is -0.444. The Morgan fingerprint density at radius 3 is 2.19 bits per heavy atom. The van der Waals surface area contributed by atoms with Gasteiger partial charge in [-0.25, -0.2) is 4.79 Å². The third kappa shape index (κ3) is 5.19. The van der Waals surface area contributed by atoms with E-state index in [4.69, 9.17) is 23.2 Å². The predicted octanol–water partition coefficient (Wildman–Crippen LogP) is 9.67. The molecular weight excluding hydrogens is 517 g/mol. The number of fused-ring (bicyclic) bond motifs is 1. The molecule has 36 heavy (non-hydrogen) atoms. The van der Waals surface area contributed by atoms with Gasteiger partial charge in [0.2, 0.25) is 0 Å². The smallest absolute Gasteiger partial charge is 0.307 e. The van der Waals surface area contributed by atoms with Crippen molar-refractivity contribution in [1.29, 1.82) is 0 Å². The molecule has 1 aromatic heterocycles. The number of nitrogens with one attached hydrogen (secondary N) is 2. The van der Waals surface area contributed by atoms with Crippen LogP contribution in [-0.2, 0) is 0 Å². The molecule has 0 atom stereocenters. The van der Waals surface area contributed by atoms with E-state index in [1.54, 1.807) is 24.3 Å². The molecule has 4 rings (SSSR count). The van der Waals surface area contributed by atoms with Gasteiger partial charge in [0, 0.05) is 44.1 Å². The third-order valence-corrected chi connectivity index (χ3v) is 7.56. The van der Waals surface area contributed by atoms with Crippen molar-refractivity contribution in [2.45, 2.75) is 39.5 Å². The lowest BCUT2D eigenvalue weighted by Gasteiger charge is -2.20.